The van der Waals surface area contributed by atoms with Gasteiger partial charge in [0.1, 0.15) is 0 Å². The summed E-state index contributed by atoms with van der Waals surface area (Å²) in [6.45, 7) is 3.92. The van der Waals surface area contributed by atoms with Crippen LogP contribution in [0.1, 0.15) is 28.8 Å². The Labute approximate surface area is 113 Å². The van der Waals surface area contributed by atoms with E-state index in [2.05, 4.69) is 5.32 Å². The van der Waals surface area contributed by atoms with Crippen LogP contribution in [-0.2, 0) is 0 Å². The van der Waals surface area contributed by atoms with Crippen LogP contribution in [-0.4, -0.2) is 37.0 Å². The summed E-state index contributed by atoms with van der Waals surface area (Å²) in [7, 11) is 1.88. The predicted octanol–water partition coefficient (Wildman–Crippen LogP) is 2.47. The Hall–Kier alpha value is -1.06. The zero-order valence-electron chi connectivity index (χ0n) is 10.9. The Morgan fingerprint density at radius 1 is 1.33 bits per heavy atom. The van der Waals surface area contributed by atoms with Gasteiger partial charge in [-0.2, -0.15) is 0 Å². The summed E-state index contributed by atoms with van der Waals surface area (Å²) in [5.74, 6) is 0.0625. The quantitative estimate of drug-likeness (QED) is 0.892. The lowest BCUT2D eigenvalue weighted by Crippen LogP contribution is -2.43. The third-order valence-corrected chi connectivity index (χ3v) is 3.68. The van der Waals surface area contributed by atoms with Crippen molar-refractivity contribution in [3.63, 3.8) is 0 Å². The van der Waals surface area contributed by atoms with Crippen LogP contribution in [0.25, 0.3) is 0 Å². The Morgan fingerprint density at radius 2 is 2.00 bits per heavy atom. The number of carbonyl (C=O) groups excluding carboxylic acids is 1. The number of rotatable bonds is 2. The van der Waals surface area contributed by atoms with Crippen LogP contribution in [0.2, 0.25) is 5.02 Å². The summed E-state index contributed by atoms with van der Waals surface area (Å²) in [4.78, 5) is 14.2. The fourth-order valence-electron chi connectivity index (χ4n) is 2.42. The first-order valence-electron chi connectivity index (χ1n) is 6.33. The van der Waals surface area contributed by atoms with E-state index in [1.807, 2.05) is 31.0 Å². The summed E-state index contributed by atoms with van der Waals surface area (Å²) in [6, 6.07) is 5.83. The van der Waals surface area contributed by atoms with Crippen molar-refractivity contribution in [1.29, 1.82) is 0 Å². The first-order valence-corrected chi connectivity index (χ1v) is 6.71. The summed E-state index contributed by atoms with van der Waals surface area (Å²) < 4.78 is 0. The SMILES string of the molecule is Cc1cc(Cl)cc(C(=O)N(C)C2CCNCC2)c1. The van der Waals surface area contributed by atoms with Gasteiger partial charge in [0.05, 0.1) is 0 Å². The predicted molar refractivity (Wildman–Crippen MR) is 74.2 cm³/mol. The molecule has 1 aromatic carbocycles. The highest BCUT2D eigenvalue weighted by Gasteiger charge is 2.23. The van der Waals surface area contributed by atoms with E-state index < -0.39 is 0 Å². The number of amides is 1. The number of halogens is 1. The molecule has 0 radical (unpaired) electrons. The topological polar surface area (TPSA) is 32.3 Å². The van der Waals surface area contributed by atoms with E-state index >= 15 is 0 Å². The Kier molecular flexibility index (Phi) is 4.25. The van der Waals surface area contributed by atoms with Crippen molar-refractivity contribution >= 4 is 17.5 Å². The molecule has 3 nitrogen and oxygen atoms in total. The second kappa shape index (κ2) is 5.72. The molecule has 0 atom stereocenters. The summed E-state index contributed by atoms with van der Waals surface area (Å²) in [5.41, 5.74) is 1.70. The maximum atomic E-state index is 12.4. The molecule has 98 valence electrons. The molecule has 1 N–H and O–H groups in total. The molecule has 1 aliphatic heterocycles. The molecule has 1 saturated heterocycles. The van der Waals surface area contributed by atoms with E-state index in [9.17, 15) is 4.79 Å². The monoisotopic (exact) mass is 266 g/mol. The fourth-order valence-corrected chi connectivity index (χ4v) is 2.71. The lowest BCUT2D eigenvalue weighted by atomic mass is 10.0. The van der Waals surface area contributed by atoms with Gasteiger partial charge in [-0.1, -0.05) is 11.6 Å². The minimum atomic E-state index is 0.0625. The van der Waals surface area contributed by atoms with Gasteiger partial charge >= 0.3 is 0 Å². The molecule has 1 fully saturated rings. The Bertz CT molecular complexity index is 421. The molecule has 1 amide bonds. The molecule has 1 aliphatic rings. The molecule has 0 bridgehead atoms. The fraction of sp³-hybridized carbons (Fsp3) is 0.500. The maximum Gasteiger partial charge on any atom is 0.253 e. The van der Waals surface area contributed by atoms with E-state index in [-0.39, 0.29) is 5.91 Å². The molecule has 0 spiro atoms. The van der Waals surface area contributed by atoms with Crippen molar-refractivity contribution in [1.82, 2.24) is 10.2 Å². The largest absolute Gasteiger partial charge is 0.339 e. The zero-order chi connectivity index (χ0) is 13.1. The first-order chi connectivity index (χ1) is 8.58. The summed E-state index contributed by atoms with van der Waals surface area (Å²) >= 11 is 6.00. The Balaban J connectivity index is 2.14. The summed E-state index contributed by atoms with van der Waals surface area (Å²) in [5, 5.41) is 3.93. The van der Waals surface area contributed by atoms with E-state index in [0.717, 1.165) is 31.5 Å². The van der Waals surface area contributed by atoms with E-state index in [1.165, 1.54) is 0 Å². The number of piperidine rings is 1. The molecule has 0 unspecified atom stereocenters. The molecule has 1 aromatic rings. The normalized spacial score (nSPS) is 16.6. The van der Waals surface area contributed by atoms with Crippen molar-refractivity contribution in [2.45, 2.75) is 25.8 Å². The Morgan fingerprint density at radius 3 is 2.61 bits per heavy atom. The van der Waals surface area contributed by atoms with Crippen LogP contribution in [0.4, 0.5) is 0 Å². The number of nitrogens with one attached hydrogen (secondary N) is 1. The molecule has 4 heteroatoms. The highest BCUT2D eigenvalue weighted by molar-refractivity contribution is 6.31. The van der Waals surface area contributed by atoms with Gasteiger partial charge in [0.25, 0.3) is 5.91 Å². The van der Waals surface area contributed by atoms with Gasteiger partial charge < -0.3 is 10.2 Å². The van der Waals surface area contributed by atoms with Crippen molar-refractivity contribution in [2.75, 3.05) is 20.1 Å². The molecule has 0 aliphatic carbocycles. The van der Waals surface area contributed by atoms with Crippen LogP contribution < -0.4 is 5.32 Å². The van der Waals surface area contributed by atoms with Gasteiger partial charge in [0.15, 0.2) is 0 Å². The number of hydrogen-bond donors (Lipinski definition) is 1. The smallest absolute Gasteiger partial charge is 0.253 e. The number of carbonyl (C=O) groups is 1. The summed E-state index contributed by atoms with van der Waals surface area (Å²) in [6.07, 6.45) is 2.03. The van der Waals surface area contributed by atoms with Gasteiger partial charge in [0, 0.05) is 23.7 Å². The van der Waals surface area contributed by atoms with Crippen LogP contribution in [0.15, 0.2) is 18.2 Å². The minimum absolute atomic E-state index is 0.0625. The van der Waals surface area contributed by atoms with E-state index in [1.54, 1.807) is 6.07 Å². The molecule has 18 heavy (non-hydrogen) atoms. The first kappa shape index (κ1) is 13.4. The van der Waals surface area contributed by atoms with Crippen molar-refractivity contribution < 1.29 is 4.79 Å². The van der Waals surface area contributed by atoms with E-state index in [0.29, 0.717) is 16.6 Å². The highest BCUT2D eigenvalue weighted by Crippen LogP contribution is 2.18. The molecule has 1 heterocycles. The number of hydrogen-bond acceptors (Lipinski definition) is 2. The van der Waals surface area contributed by atoms with Crippen molar-refractivity contribution in [2.24, 2.45) is 0 Å². The van der Waals surface area contributed by atoms with Crippen molar-refractivity contribution in [3.8, 4) is 0 Å². The third-order valence-electron chi connectivity index (χ3n) is 3.47. The zero-order valence-corrected chi connectivity index (χ0v) is 11.6. The van der Waals surface area contributed by atoms with Crippen LogP contribution in [0.5, 0.6) is 0 Å². The lowest BCUT2D eigenvalue weighted by molar-refractivity contribution is 0.0703. The molecular formula is C14H19ClN2O. The van der Waals surface area contributed by atoms with Crippen LogP contribution in [0.3, 0.4) is 0 Å². The van der Waals surface area contributed by atoms with Crippen LogP contribution in [0, 0.1) is 6.92 Å². The second-order valence-electron chi connectivity index (χ2n) is 4.91. The third kappa shape index (κ3) is 3.03. The number of nitrogens with zero attached hydrogens (tertiary/aromatic N) is 1. The van der Waals surface area contributed by atoms with Gasteiger partial charge in [-0.3, -0.25) is 4.79 Å². The number of benzene rings is 1. The maximum absolute atomic E-state index is 12.4. The van der Waals surface area contributed by atoms with Gasteiger partial charge in [-0.05, 0) is 56.6 Å². The highest BCUT2D eigenvalue weighted by atomic mass is 35.5. The standard InChI is InChI=1S/C14H19ClN2O/c1-10-7-11(9-12(15)8-10)14(18)17(2)13-3-5-16-6-4-13/h7-9,13,16H,3-6H2,1-2H3. The van der Waals surface area contributed by atoms with E-state index in [4.69, 9.17) is 11.6 Å². The van der Waals surface area contributed by atoms with Crippen molar-refractivity contribution in [3.05, 3.63) is 34.3 Å². The number of aryl methyl sites for hydroxylation is 1. The minimum Gasteiger partial charge on any atom is -0.339 e. The average Bonchev–Trinajstić information content (AvgIpc) is 2.37. The second-order valence-corrected chi connectivity index (χ2v) is 5.35. The molecular weight excluding hydrogens is 248 g/mol. The van der Waals surface area contributed by atoms with Crippen LogP contribution >= 0.6 is 11.6 Å². The lowest BCUT2D eigenvalue weighted by Gasteiger charge is -2.31. The molecule has 2 rings (SSSR count). The van der Waals surface area contributed by atoms with Gasteiger partial charge in [0.2, 0.25) is 0 Å². The molecule has 0 saturated carbocycles. The molecule has 0 aromatic heterocycles. The average molecular weight is 267 g/mol. The van der Waals surface area contributed by atoms with Gasteiger partial charge in [-0.25, -0.2) is 0 Å². The van der Waals surface area contributed by atoms with Gasteiger partial charge in [-0.15, -0.1) is 0 Å².